The molecule has 1 rings (SSSR count). The maximum Gasteiger partial charge on any atom is 0.332 e. The number of terminal acetylenes is 1. The molecule has 0 heterocycles. The molecule has 0 radical (unpaired) electrons. The monoisotopic (exact) mass is 214 g/mol. The summed E-state index contributed by atoms with van der Waals surface area (Å²) < 4.78 is 38.2. The molecule has 0 bridgehead atoms. The highest BCUT2D eigenvalue weighted by Gasteiger charge is 2.10. The van der Waals surface area contributed by atoms with Gasteiger partial charge < -0.3 is 4.74 Å². The van der Waals surface area contributed by atoms with Gasteiger partial charge in [-0.15, -0.1) is 10.3 Å². The minimum absolute atomic E-state index is 0.0850. The van der Waals surface area contributed by atoms with Crippen molar-refractivity contribution in [2.24, 2.45) is 0 Å². The van der Waals surface area contributed by atoms with E-state index in [9.17, 15) is 12.3 Å². The SMILES string of the molecule is C#CCOc1ccc(S(=O)(=O)F)cc1. The van der Waals surface area contributed by atoms with Gasteiger partial charge in [0.2, 0.25) is 0 Å². The predicted molar refractivity (Wildman–Crippen MR) is 49.1 cm³/mol. The Morgan fingerprint density at radius 2 is 1.93 bits per heavy atom. The first kappa shape index (κ1) is 10.5. The number of ether oxygens (including phenoxy) is 1. The normalized spacial score (nSPS) is 10.6. The maximum absolute atomic E-state index is 12.4. The van der Waals surface area contributed by atoms with Crippen molar-refractivity contribution in [3.05, 3.63) is 24.3 Å². The van der Waals surface area contributed by atoms with Crippen LogP contribution >= 0.6 is 0 Å². The Labute approximate surface area is 81.7 Å². The molecular formula is C9H7FO3S. The van der Waals surface area contributed by atoms with Crippen LogP contribution in [0.25, 0.3) is 0 Å². The lowest BCUT2D eigenvalue weighted by atomic mass is 10.3. The van der Waals surface area contributed by atoms with E-state index in [1.807, 2.05) is 0 Å². The van der Waals surface area contributed by atoms with E-state index in [-0.39, 0.29) is 6.61 Å². The zero-order chi connectivity index (χ0) is 10.6. The summed E-state index contributed by atoms with van der Waals surface area (Å²) in [5.74, 6) is 2.64. The molecule has 0 atom stereocenters. The standard InChI is InChI=1S/C9H7FO3S/c1-2-7-13-8-3-5-9(6-4-8)14(10,11)12/h1,3-6H,7H2. The van der Waals surface area contributed by atoms with Crippen LogP contribution in [0.5, 0.6) is 5.75 Å². The summed E-state index contributed by atoms with van der Waals surface area (Å²) in [7, 11) is -4.64. The Balaban J connectivity index is 2.86. The lowest BCUT2D eigenvalue weighted by Crippen LogP contribution is -1.95. The minimum atomic E-state index is -4.64. The van der Waals surface area contributed by atoms with Crippen LogP contribution in [0.2, 0.25) is 0 Å². The summed E-state index contributed by atoms with van der Waals surface area (Å²) in [5, 5.41) is 0. The van der Waals surface area contributed by atoms with E-state index >= 15 is 0 Å². The minimum Gasteiger partial charge on any atom is -0.481 e. The molecule has 0 N–H and O–H groups in total. The van der Waals surface area contributed by atoms with Gasteiger partial charge >= 0.3 is 10.2 Å². The molecule has 1 aromatic rings. The largest absolute Gasteiger partial charge is 0.481 e. The van der Waals surface area contributed by atoms with Gasteiger partial charge in [-0.25, -0.2) is 0 Å². The third kappa shape index (κ3) is 2.75. The van der Waals surface area contributed by atoms with Gasteiger partial charge in [-0.05, 0) is 24.3 Å². The van der Waals surface area contributed by atoms with Crippen molar-refractivity contribution in [3.8, 4) is 18.1 Å². The average Bonchev–Trinajstić information content (AvgIpc) is 2.14. The fraction of sp³-hybridized carbons (Fsp3) is 0.111. The third-order valence-electron chi connectivity index (χ3n) is 1.43. The molecule has 0 spiro atoms. The molecule has 0 saturated carbocycles. The zero-order valence-electron chi connectivity index (χ0n) is 7.10. The first-order valence-corrected chi connectivity index (χ1v) is 5.03. The molecule has 5 heteroatoms. The fourth-order valence-corrected chi connectivity index (χ4v) is 1.28. The third-order valence-corrected chi connectivity index (χ3v) is 2.26. The van der Waals surface area contributed by atoms with Gasteiger partial charge in [0, 0.05) is 0 Å². The number of benzene rings is 1. The van der Waals surface area contributed by atoms with Gasteiger partial charge in [0.1, 0.15) is 12.4 Å². The van der Waals surface area contributed by atoms with E-state index in [1.165, 1.54) is 12.1 Å². The molecule has 0 aliphatic rings. The lowest BCUT2D eigenvalue weighted by molar-refractivity contribution is 0.370. The topological polar surface area (TPSA) is 43.4 Å². The maximum atomic E-state index is 12.4. The Hall–Kier alpha value is -1.54. The molecule has 0 aliphatic carbocycles. The zero-order valence-corrected chi connectivity index (χ0v) is 7.92. The molecule has 0 aliphatic heterocycles. The highest BCUT2D eigenvalue weighted by molar-refractivity contribution is 7.86. The molecular weight excluding hydrogens is 207 g/mol. The van der Waals surface area contributed by atoms with Crippen LogP contribution in [0.15, 0.2) is 29.2 Å². The van der Waals surface area contributed by atoms with Gasteiger partial charge in [0.25, 0.3) is 0 Å². The number of halogens is 1. The molecule has 74 valence electrons. The number of hydrogen-bond donors (Lipinski definition) is 0. The van der Waals surface area contributed by atoms with Gasteiger partial charge in [0.15, 0.2) is 0 Å². The molecule has 0 fully saturated rings. The Morgan fingerprint density at radius 3 is 2.36 bits per heavy atom. The van der Waals surface area contributed by atoms with Crippen LogP contribution < -0.4 is 4.74 Å². The highest BCUT2D eigenvalue weighted by Crippen LogP contribution is 2.17. The summed E-state index contributed by atoms with van der Waals surface area (Å²) >= 11 is 0. The van der Waals surface area contributed by atoms with E-state index in [2.05, 4.69) is 5.92 Å². The Kier molecular flexibility index (Phi) is 3.10. The van der Waals surface area contributed by atoms with Gasteiger partial charge in [-0.3, -0.25) is 0 Å². The number of rotatable bonds is 3. The van der Waals surface area contributed by atoms with Crippen molar-refractivity contribution in [3.63, 3.8) is 0 Å². The van der Waals surface area contributed by atoms with Crippen LogP contribution in [0.3, 0.4) is 0 Å². The van der Waals surface area contributed by atoms with Crippen LogP contribution in [-0.2, 0) is 10.2 Å². The van der Waals surface area contributed by atoms with Gasteiger partial charge in [-0.2, -0.15) is 8.42 Å². The molecule has 0 saturated heterocycles. The van der Waals surface area contributed by atoms with Crippen molar-refractivity contribution in [1.82, 2.24) is 0 Å². The Morgan fingerprint density at radius 1 is 1.36 bits per heavy atom. The second kappa shape index (κ2) is 4.11. The number of hydrogen-bond acceptors (Lipinski definition) is 3. The van der Waals surface area contributed by atoms with Crippen LogP contribution in [0.1, 0.15) is 0 Å². The van der Waals surface area contributed by atoms with Crippen LogP contribution in [-0.4, -0.2) is 15.0 Å². The predicted octanol–water partition coefficient (Wildman–Crippen LogP) is 1.36. The summed E-state index contributed by atoms with van der Waals surface area (Å²) in [5.41, 5.74) is 0. The van der Waals surface area contributed by atoms with Crippen LogP contribution in [0.4, 0.5) is 3.89 Å². The van der Waals surface area contributed by atoms with E-state index in [0.29, 0.717) is 5.75 Å². The molecule has 0 amide bonds. The second-order valence-electron chi connectivity index (χ2n) is 2.40. The fourth-order valence-electron chi connectivity index (χ4n) is 0.823. The first-order chi connectivity index (χ1) is 6.54. The first-order valence-electron chi connectivity index (χ1n) is 3.65. The molecule has 0 aromatic heterocycles. The highest BCUT2D eigenvalue weighted by atomic mass is 32.3. The quantitative estimate of drug-likeness (QED) is 0.563. The Bertz CT molecular complexity index is 442. The van der Waals surface area contributed by atoms with E-state index in [4.69, 9.17) is 11.2 Å². The second-order valence-corrected chi connectivity index (χ2v) is 3.75. The molecule has 1 aromatic carbocycles. The van der Waals surface area contributed by atoms with Gasteiger partial charge in [-0.1, -0.05) is 5.92 Å². The van der Waals surface area contributed by atoms with Crippen molar-refractivity contribution in [2.45, 2.75) is 4.90 Å². The lowest BCUT2D eigenvalue weighted by Gasteiger charge is -2.01. The molecule has 3 nitrogen and oxygen atoms in total. The summed E-state index contributed by atoms with van der Waals surface area (Å²) in [6.45, 7) is 0.0850. The average molecular weight is 214 g/mol. The van der Waals surface area contributed by atoms with E-state index in [0.717, 1.165) is 12.1 Å². The van der Waals surface area contributed by atoms with Crippen molar-refractivity contribution >= 4 is 10.2 Å². The smallest absolute Gasteiger partial charge is 0.332 e. The van der Waals surface area contributed by atoms with E-state index in [1.54, 1.807) is 0 Å². The summed E-state index contributed by atoms with van der Waals surface area (Å²) in [4.78, 5) is -0.398. The molecule has 0 unspecified atom stereocenters. The van der Waals surface area contributed by atoms with Crippen LogP contribution in [0, 0.1) is 12.3 Å². The van der Waals surface area contributed by atoms with E-state index < -0.39 is 15.1 Å². The van der Waals surface area contributed by atoms with Crippen molar-refractivity contribution < 1.29 is 17.0 Å². The van der Waals surface area contributed by atoms with Crippen molar-refractivity contribution in [2.75, 3.05) is 6.61 Å². The van der Waals surface area contributed by atoms with Crippen molar-refractivity contribution in [1.29, 1.82) is 0 Å². The summed E-state index contributed by atoms with van der Waals surface area (Å²) in [6.07, 6.45) is 4.94. The van der Waals surface area contributed by atoms with Gasteiger partial charge in [0.05, 0.1) is 4.90 Å². The summed E-state index contributed by atoms with van der Waals surface area (Å²) in [6, 6.07) is 4.90. The molecule has 14 heavy (non-hydrogen) atoms.